The third kappa shape index (κ3) is 3.87. The number of carbonyl (C=O) groups is 1. The smallest absolute Gasteiger partial charge is 0.337 e. The fourth-order valence-electron chi connectivity index (χ4n) is 3.01. The van der Waals surface area contributed by atoms with E-state index in [-0.39, 0.29) is 28.7 Å². The van der Waals surface area contributed by atoms with Crippen LogP contribution in [0.3, 0.4) is 0 Å². The summed E-state index contributed by atoms with van der Waals surface area (Å²) >= 11 is 0. The molecule has 1 saturated heterocycles. The first-order valence-electron chi connectivity index (χ1n) is 9.00. The number of nitrogens with one attached hydrogen (secondary N) is 1. The maximum Gasteiger partial charge on any atom is 0.337 e. The van der Waals surface area contributed by atoms with Crippen molar-refractivity contribution < 1.29 is 28.9 Å². The molecule has 1 fully saturated rings. The number of benzene rings is 2. The number of halogens is 1. The average molecular weight is 409 g/mol. The summed E-state index contributed by atoms with van der Waals surface area (Å²) in [5.74, 6) is -1.50. The molecule has 30 heavy (non-hydrogen) atoms. The van der Waals surface area contributed by atoms with Crippen LogP contribution in [-0.4, -0.2) is 40.5 Å². The van der Waals surface area contributed by atoms with Gasteiger partial charge in [0.05, 0.1) is 35.5 Å². The molecule has 1 aliphatic heterocycles. The lowest BCUT2D eigenvalue weighted by molar-refractivity contribution is -0.0797. The molecule has 0 aliphatic carbocycles. The van der Waals surface area contributed by atoms with Crippen LogP contribution in [0, 0.1) is 17.1 Å². The topological polar surface area (TPSA) is 125 Å². The number of anilines is 1. The minimum Gasteiger partial charge on any atom is -0.484 e. The summed E-state index contributed by atoms with van der Waals surface area (Å²) in [6, 6.07) is 10.2. The number of nitriles is 1. The Morgan fingerprint density at radius 1 is 1.33 bits per heavy atom. The quantitative estimate of drug-likeness (QED) is 0.531. The number of pyridine rings is 1. The van der Waals surface area contributed by atoms with E-state index in [0.717, 1.165) is 0 Å². The number of hydrogen-bond acceptors (Lipinski definition) is 7. The molecule has 9 heteroatoms. The van der Waals surface area contributed by atoms with Gasteiger partial charge in [-0.15, -0.1) is 0 Å². The highest BCUT2D eigenvalue weighted by Crippen LogP contribution is 2.31. The molecule has 3 aromatic rings. The maximum absolute atomic E-state index is 13.3. The number of aliphatic hydroxyl groups excluding tert-OH is 1. The Hall–Kier alpha value is -3.74. The Balaban J connectivity index is 1.66. The summed E-state index contributed by atoms with van der Waals surface area (Å²) in [6.07, 6.45) is -0.166. The molecule has 0 bridgehead atoms. The van der Waals surface area contributed by atoms with E-state index in [1.807, 2.05) is 6.07 Å². The van der Waals surface area contributed by atoms with Gasteiger partial charge in [0, 0.05) is 29.3 Å². The van der Waals surface area contributed by atoms with E-state index in [1.54, 1.807) is 6.07 Å². The monoisotopic (exact) mass is 409 g/mol. The van der Waals surface area contributed by atoms with Gasteiger partial charge in [0.1, 0.15) is 23.7 Å². The number of carboxylic acids is 1. The molecule has 1 aliphatic rings. The first-order valence-corrected chi connectivity index (χ1v) is 9.00. The van der Waals surface area contributed by atoms with Gasteiger partial charge >= 0.3 is 5.97 Å². The van der Waals surface area contributed by atoms with Crippen molar-refractivity contribution in [3.8, 4) is 11.8 Å². The van der Waals surface area contributed by atoms with Crippen LogP contribution in [0.25, 0.3) is 10.9 Å². The highest BCUT2D eigenvalue weighted by Gasteiger charge is 2.24. The SMILES string of the molecule is N#Cc1cc(C(=O)O)c(NC(O)c2cnc3cc(F)ccc3c2)cc1OC1COC1. The molecule has 3 N–H and O–H groups in total. The Morgan fingerprint density at radius 3 is 2.80 bits per heavy atom. The Bertz CT molecular complexity index is 1170. The number of aromatic nitrogens is 1. The van der Waals surface area contributed by atoms with Gasteiger partial charge in [-0.25, -0.2) is 9.18 Å². The van der Waals surface area contributed by atoms with E-state index in [2.05, 4.69) is 10.3 Å². The molecule has 0 spiro atoms. The maximum atomic E-state index is 13.3. The van der Waals surface area contributed by atoms with Gasteiger partial charge < -0.3 is 25.0 Å². The molecular weight excluding hydrogens is 393 g/mol. The molecule has 0 radical (unpaired) electrons. The van der Waals surface area contributed by atoms with Crippen molar-refractivity contribution in [2.75, 3.05) is 18.5 Å². The number of hydrogen-bond donors (Lipinski definition) is 3. The molecule has 0 amide bonds. The number of fused-ring (bicyclic) bond motifs is 1. The van der Waals surface area contributed by atoms with Crippen LogP contribution in [0.4, 0.5) is 10.1 Å². The third-order valence-corrected chi connectivity index (χ3v) is 4.65. The van der Waals surface area contributed by atoms with Crippen molar-refractivity contribution in [2.24, 2.45) is 0 Å². The summed E-state index contributed by atoms with van der Waals surface area (Å²) < 4.78 is 24.1. The summed E-state index contributed by atoms with van der Waals surface area (Å²) in [5, 5.41) is 32.8. The second-order valence-corrected chi connectivity index (χ2v) is 6.74. The average Bonchev–Trinajstić information content (AvgIpc) is 2.70. The predicted molar refractivity (Wildman–Crippen MR) is 104 cm³/mol. The van der Waals surface area contributed by atoms with Crippen molar-refractivity contribution in [1.82, 2.24) is 4.98 Å². The van der Waals surface area contributed by atoms with E-state index in [9.17, 15) is 24.7 Å². The van der Waals surface area contributed by atoms with E-state index >= 15 is 0 Å². The lowest BCUT2D eigenvalue weighted by Gasteiger charge is -2.27. The normalized spacial score (nSPS) is 14.6. The molecule has 8 nitrogen and oxygen atoms in total. The number of ether oxygens (including phenoxy) is 2. The van der Waals surface area contributed by atoms with Crippen molar-refractivity contribution in [3.05, 3.63) is 65.1 Å². The van der Waals surface area contributed by atoms with Crippen molar-refractivity contribution in [2.45, 2.75) is 12.3 Å². The minimum atomic E-state index is -1.31. The highest BCUT2D eigenvalue weighted by atomic mass is 19.1. The lowest BCUT2D eigenvalue weighted by Crippen LogP contribution is -2.38. The van der Waals surface area contributed by atoms with Gasteiger partial charge in [0.25, 0.3) is 0 Å². The Labute approximate surface area is 170 Å². The second-order valence-electron chi connectivity index (χ2n) is 6.74. The van der Waals surface area contributed by atoms with E-state index < -0.39 is 18.0 Å². The Morgan fingerprint density at radius 2 is 2.13 bits per heavy atom. The van der Waals surface area contributed by atoms with Crippen LogP contribution in [0.5, 0.6) is 5.75 Å². The summed E-state index contributed by atoms with van der Waals surface area (Å²) in [5.41, 5.74) is 0.717. The molecule has 152 valence electrons. The molecule has 0 saturated carbocycles. The molecule has 1 atom stereocenters. The first-order chi connectivity index (χ1) is 14.4. The molecule has 4 rings (SSSR count). The zero-order valence-corrected chi connectivity index (χ0v) is 15.5. The van der Waals surface area contributed by atoms with Crippen LogP contribution in [0.15, 0.2) is 42.6 Å². The van der Waals surface area contributed by atoms with Crippen LogP contribution in [0.2, 0.25) is 0 Å². The molecule has 1 unspecified atom stereocenters. The van der Waals surface area contributed by atoms with E-state index in [1.165, 1.54) is 36.5 Å². The molecule has 2 heterocycles. The minimum absolute atomic E-state index is 0.0636. The number of aliphatic hydroxyl groups is 1. The largest absolute Gasteiger partial charge is 0.484 e. The van der Waals surface area contributed by atoms with Crippen LogP contribution < -0.4 is 10.1 Å². The van der Waals surface area contributed by atoms with Gasteiger partial charge in [-0.2, -0.15) is 5.26 Å². The fraction of sp³-hybridized carbons (Fsp3) is 0.190. The zero-order valence-electron chi connectivity index (χ0n) is 15.5. The van der Waals surface area contributed by atoms with E-state index in [4.69, 9.17) is 9.47 Å². The standard InChI is InChI=1S/C21H16FN3O5/c22-14-2-1-11-3-13(8-24-17(11)5-14)20(26)25-18-6-19(30-15-9-29-10-15)12(7-23)4-16(18)21(27)28/h1-6,8,15,20,25-26H,9-10H2,(H,27,28). The summed E-state index contributed by atoms with van der Waals surface area (Å²) in [7, 11) is 0. The molecule has 1 aromatic heterocycles. The highest BCUT2D eigenvalue weighted by molar-refractivity contribution is 5.95. The van der Waals surface area contributed by atoms with Gasteiger partial charge in [-0.1, -0.05) is 0 Å². The number of nitrogens with zero attached hydrogens (tertiary/aromatic N) is 2. The second kappa shape index (κ2) is 7.94. The van der Waals surface area contributed by atoms with Crippen molar-refractivity contribution in [3.63, 3.8) is 0 Å². The van der Waals surface area contributed by atoms with Crippen LogP contribution in [0.1, 0.15) is 27.7 Å². The fourth-order valence-corrected chi connectivity index (χ4v) is 3.01. The van der Waals surface area contributed by atoms with Crippen molar-refractivity contribution >= 4 is 22.6 Å². The summed E-state index contributed by atoms with van der Waals surface area (Å²) in [4.78, 5) is 15.8. The Kier molecular flexibility index (Phi) is 5.18. The first kappa shape index (κ1) is 19.6. The van der Waals surface area contributed by atoms with Crippen molar-refractivity contribution in [1.29, 1.82) is 5.26 Å². The number of carboxylic acid groups (broad SMARTS) is 1. The summed E-state index contributed by atoms with van der Waals surface area (Å²) in [6.45, 7) is 0.751. The zero-order chi connectivity index (χ0) is 21.3. The third-order valence-electron chi connectivity index (χ3n) is 4.65. The predicted octanol–water partition coefficient (Wildman–Crippen LogP) is 2.82. The van der Waals surface area contributed by atoms with Crippen LogP contribution >= 0.6 is 0 Å². The molecular formula is C21H16FN3O5. The van der Waals surface area contributed by atoms with Crippen LogP contribution in [-0.2, 0) is 4.74 Å². The van der Waals surface area contributed by atoms with Gasteiger partial charge in [-0.3, -0.25) is 4.98 Å². The molecule has 2 aromatic carbocycles. The number of rotatable bonds is 6. The van der Waals surface area contributed by atoms with E-state index in [0.29, 0.717) is 29.7 Å². The lowest BCUT2D eigenvalue weighted by atomic mass is 10.1. The van der Waals surface area contributed by atoms with Gasteiger partial charge in [0.15, 0.2) is 6.23 Å². The van der Waals surface area contributed by atoms with Gasteiger partial charge in [0.2, 0.25) is 0 Å². The van der Waals surface area contributed by atoms with Gasteiger partial charge in [-0.05, 0) is 24.3 Å². The number of aromatic carboxylic acids is 1.